The van der Waals surface area contributed by atoms with Gasteiger partial charge in [-0.1, -0.05) is 12.8 Å². The van der Waals surface area contributed by atoms with Gasteiger partial charge in [-0.05, 0) is 30.6 Å². The van der Waals surface area contributed by atoms with Gasteiger partial charge < -0.3 is 5.73 Å². The Morgan fingerprint density at radius 1 is 1.33 bits per heavy atom. The van der Waals surface area contributed by atoms with Crippen LogP contribution in [-0.4, -0.2) is 6.04 Å². The van der Waals surface area contributed by atoms with E-state index >= 15 is 0 Å². The molecule has 0 bridgehead atoms. The first kappa shape index (κ1) is 8.13. The number of hydrogen-bond acceptors (Lipinski definition) is 1. The van der Waals surface area contributed by atoms with Crippen LogP contribution in [0.3, 0.4) is 0 Å². The van der Waals surface area contributed by atoms with Crippen molar-refractivity contribution in [1.82, 2.24) is 0 Å². The highest BCUT2D eigenvalue weighted by molar-refractivity contribution is 5.06. The van der Waals surface area contributed by atoms with Gasteiger partial charge in [0.25, 0.3) is 0 Å². The Balaban J connectivity index is 1.88. The summed E-state index contributed by atoms with van der Waals surface area (Å²) in [5.41, 5.74) is 6.01. The minimum Gasteiger partial charge on any atom is -0.327 e. The second-order valence-corrected chi connectivity index (χ2v) is 4.26. The van der Waals surface area contributed by atoms with Crippen molar-refractivity contribution < 1.29 is 0 Å². The molecule has 3 atom stereocenters. The zero-order valence-corrected chi connectivity index (χ0v) is 7.50. The van der Waals surface area contributed by atoms with Gasteiger partial charge in [0.05, 0.1) is 0 Å². The maximum Gasteiger partial charge on any atom is 0.0241 e. The quantitative estimate of drug-likeness (QED) is 0.617. The van der Waals surface area contributed by atoms with Gasteiger partial charge in [-0.3, -0.25) is 0 Å². The highest BCUT2D eigenvalue weighted by Crippen LogP contribution is 2.56. The minimum atomic E-state index is 0.295. The smallest absolute Gasteiger partial charge is 0.0241 e. The summed E-state index contributed by atoms with van der Waals surface area (Å²) >= 11 is 0. The third-order valence-electron chi connectivity index (χ3n) is 3.57. The maximum atomic E-state index is 6.01. The first-order chi connectivity index (χ1) is 5.84. The monoisotopic (exact) mass is 163 g/mol. The predicted octanol–water partition coefficient (Wildman–Crippen LogP) is 1.77. The standard InChI is InChI=1S/C11H17N/c1-2-5-10(12)11-8-6-3-4-7-9(8)11/h1,8-11H,3-7,12H2. The third-order valence-corrected chi connectivity index (χ3v) is 3.57. The molecule has 2 fully saturated rings. The third kappa shape index (κ3) is 1.25. The van der Waals surface area contributed by atoms with Crippen LogP contribution in [0, 0.1) is 30.1 Å². The van der Waals surface area contributed by atoms with Crippen molar-refractivity contribution in [2.45, 2.75) is 38.1 Å². The Hall–Kier alpha value is -0.480. The molecule has 2 aliphatic rings. The number of rotatable bonds is 2. The molecule has 0 saturated heterocycles. The predicted molar refractivity (Wildman–Crippen MR) is 50.4 cm³/mol. The molecule has 0 aliphatic heterocycles. The molecule has 66 valence electrons. The Labute approximate surface area is 74.7 Å². The lowest BCUT2D eigenvalue weighted by atomic mass is 10.0. The topological polar surface area (TPSA) is 26.0 Å². The largest absolute Gasteiger partial charge is 0.327 e. The van der Waals surface area contributed by atoms with Crippen LogP contribution < -0.4 is 5.73 Å². The summed E-state index contributed by atoms with van der Waals surface area (Å²) in [7, 11) is 0. The van der Waals surface area contributed by atoms with Gasteiger partial charge in [0.2, 0.25) is 0 Å². The van der Waals surface area contributed by atoms with Crippen LogP contribution in [0.4, 0.5) is 0 Å². The van der Waals surface area contributed by atoms with Crippen LogP contribution in [0.15, 0.2) is 0 Å². The number of fused-ring (bicyclic) bond motifs is 1. The average molecular weight is 163 g/mol. The van der Waals surface area contributed by atoms with E-state index in [4.69, 9.17) is 12.2 Å². The van der Waals surface area contributed by atoms with E-state index < -0.39 is 0 Å². The van der Waals surface area contributed by atoms with Gasteiger partial charge in [0.15, 0.2) is 0 Å². The summed E-state index contributed by atoms with van der Waals surface area (Å²) in [5, 5.41) is 0. The van der Waals surface area contributed by atoms with Crippen LogP contribution in [0.5, 0.6) is 0 Å². The van der Waals surface area contributed by atoms with Crippen LogP contribution in [0.25, 0.3) is 0 Å². The van der Waals surface area contributed by atoms with Crippen molar-refractivity contribution in [2.24, 2.45) is 23.5 Å². The summed E-state index contributed by atoms with van der Waals surface area (Å²) in [6.07, 6.45) is 11.7. The summed E-state index contributed by atoms with van der Waals surface area (Å²) in [6, 6.07) is 0.295. The fourth-order valence-electron chi connectivity index (χ4n) is 2.95. The number of hydrogen-bond donors (Lipinski definition) is 1. The lowest BCUT2D eigenvalue weighted by Crippen LogP contribution is -2.23. The van der Waals surface area contributed by atoms with Crippen molar-refractivity contribution in [3.63, 3.8) is 0 Å². The molecule has 2 aliphatic carbocycles. The molecule has 2 N–H and O–H groups in total. The number of nitrogens with two attached hydrogens (primary N) is 1. The maximum absolute atomic E-state index is 6.01. The lowest BCUT2D eigenvalue weighted by Gasteiger charge is -2.05. The van der Waals surface area contributed by atoms with E-state index in [0.717, 1.165) is 24.2 Å². The molecule has 1 heteroatoms. The second-order valence-electron chi connectivity index (χ2n) is 4.26. The van der Waals surface area contributed by atoms with Crippen molar-refractivity contribution in [1.29, 1.82) is 0 Å². The van der Waals surface area contributed by atoms with Gasteiger partial charge >= 0.3 is 0 Å². The Morgan fingerprint density at radius 2 is 1.92 bits per heavy atom. The molecular formula is C11H17N. The zero-order chi connectivity index (χ0) is 8.55. The van der Waals surface area contributed by atoms with E-state index in [9.17, 15) is 0 Å². The highest BCUT2D eigenvalue weighted by Gasteiger charge is 2.52. The molecule has 0 heterocycles. The van der Waals surface area contributed by atoms with Gasteiger partial charge in [-0.25, -0.2) is 0 Å². The van der Waals surface area contributed by atoms with Gasteiger partial charge in [-0.15, -0.1) is 12.3 Å². The van der Waals surface area contributed by atoms with Crippen molar-refractivity contribution in [3.05, 3.63) is 0 Å². The highest BCUT2D eigenvalue weighted by atomic mass is 14.7. The Morgan fingerprint density at radius 3 is 2.42 bits per heavy atom. The zero-order valence-electron chi connectivity index (χ0n) is 7.50. The normalized spacial score (nSPS) is 41.2. The fraction of sp³-hybridized carbons (Fsp3) is 0.818. The summed E-state index contributed by atoms with van der Waals surface area (Å²) in [5.74, 6) is 5.35. The van der Waals surface area contributed by atoms with Gasteiger partial charge in [-0.2, -0.15) is 0 Å². The Kier molecular flexibility index (Phi) is 2.11. The van der Waals surface area contributed by atoms with Crippen molar-refractivity contribution >= 4 is 0 Å². The van der Waals surface area contributed by atoms with Crippen LogP contribution in [0.1, 0.15) is 32.1 Å². The molecule has 1 nitrogen and oxygen atoms in total. The minimum absolute atomic E-state index is 0.295. The van der Waals surface area contributed by atoms with Gasteiger partial charge in [0.1, 0.15) is 0 Å². The van der Waals surface area contributed by atoms with Crippen molar-refractivity contribution in [3.8, 4) is 12.3 Å². The SMILES string of the molecule is C#CCC(N)C1C2CCCCC21. The summed E-state index contributed by atoms with van der Waals surface area (Å²) < 4.78 is 0. The molecule has 0 aromatic heterocycles. The molecule has 0 amide bonds. The molecule has 0 aromatic rings. The first-order valence-electron chi connectivity index (χ1n) is 5.03. The van der Waals surface area contributed by atoms with E-state index in [1.54, 1.807) is 0 Å². The molecule has 0 aromatic carbocycles. The fourth-order valence-corrected chi connectivity index (χ4v) is 2.95. The molecule has 2 rings (SSSR count). The molecule has 12 heavy (non-hydrogen) atoms. The van der Waals surface area contributed by atoms with Gasteiger partial charge in [0, 0.05) is 12.5 Å². The first-order valence-corrected chi connectivity index (χ1v) is 5.03. The molecule has 0 spiro atoms. The number of terminal acetylenes is 1. The summed E-state index contributed by atoms with van der Waals surface area (Å²) in [4.78, 5) is 0. The lowest BCUT2D eigenvalue weighted by molar-refractivity contribution is 0.480. The van der Waals surface area contributed by atoms with E-state index in [1.807, 2.05) is 0 Å². The molecule has 2 saturated carbocycles. The molecule has 0 radical (unpaired) electrons. The van der Waals surface area contributed by atoms with E-state index in [0.29, 0.717) is 6.04 Å². The molecular weight excluding hydrogens is 146 g/mol. The van der Waals surface area contributed by atoms with E-state index in [2.05, 4.69) is 5.92 Å². The van der Waals surface area contributed by atoms with E-state index in [-0.39, 0.29) is 0 Å². The van der Waals surface area contributed by atoms with Crippen LogP contribution in [0.2, 0.25) is 0 Å². The average Bonchev–Trinajstić information content (AvgIpc) is 2.78. The van der Waals surface area contributed by atoms with Crippen LogP contribution in [-0.2, 0) is 0 Å². The van der Waals surface area contributed by atoms with Crippen molar-refractivity contribution in [2.75, 3.05) is 0 Å². The Bertz CT molecular complexity index is 192. The summed E-state index contributed by atoms with van der Waals surface area (Å²) in [6.45, 7) is 0. The van der Waals surface area contributed by atoms with E-state index in [1.165, 1.54) is 25.7 Å². The van der Waals surface area contributed by atoms with Crippen LogP contribution >= 0.6 is 0 Å². The second kappa shape index (κ2) is 3.11. The molecule has 3 unspecified atom stereocenters.